The summed E-state index contributed by atoms with van der Waals surface area (Å²) in [6, 6.07) is 5.39. The number of ether oxygens (including phenoxy) is 3. The summed E-state index contributed by atoms with van der Waals surface area (Å²) in [5.41, 5.74) is 1.78. The van der Waals surface area contributed by atoms with Gasteiger partial charge in [-0.05, 0) is 43.9 Å². The third-order valence-electron chi connectivity index (χ3n) is 4.62. The number of anilines is 1. The number of amides is 1. The molecular formula is C20H24N2O5S. The summed E-state index contributed by atoms with van der Waals surface area (Å²) in [5.74, 6) is 0.780. The molecule has 3 rings (SSSR count). The largest absolute Gasteiger partial charge is 0.493 e. The van der Waals surface area contributed by atoms with Crippen LogP contribution in [0.5, 0.6) is 11.5 Å². The quantitative estimate of drug-likeness (QED) is 0.714. The zero-order valence-electron chi connectivity index (χ0n) is 16.2. The number of hydrogen-bond acceptors (Lipinski definition) is 7. The highest BCUT2D eigenvalue weighted by atomic mass is 32.1. The normalized spacial score (nSPS) is 15.5. The van der Waals surface area contributed by atoms with Crippen molar-refractivity contribution >= 4 is 28.3 Å². The molecule has 0 radical (unpaired) electrons. The molecule has 0 saturated carbocycles. The highest BCUT2D eigenvalue weighted by molar-refractivity contribution is 7.15. The lowest BCUT2D eigenvalue weighted by atomic mass is 9.91. The Balaban J connectivity index is 1.62. The highest BCUT2D eigenvalue weighted by Crippen LogP contribution is 2.33. The molecule has 1 aliphatic carbocycles. The number of nitrogens with one attached hydrogen (secondary N) is 1. The molecule has 0 saturated heterocycles. The van der Waals surface area contributed by atoms with Gasteiger partial charge in [-0.3, -0.25) is 9.59 Å². The van der Waals surface area contributed by atoms with Gasteiger partial charge in [-0.2, -0.15) is 0 Å². The first kappa shape index (κ1) is 20.1. The summed E-state index contributed by atoms with van der Waals surface area (Å²) in [7, 11) is 3.13. The lowest BCUT2D eigenvalue weighted by molar-refractivity contribution is -0.148. The topological polar surface area (TPSA) is 86.8 Å². The maximum Gasteiger partial charge on any atom is 0.309 e. The Morgan fingerprint density at radius 2 is 2.04 bits per heavy atom. The van der Waals surface area contributed by atoms with Crippen LogP contribution in [0.25, 0.3) is 0 Å². The molecule has 1 heterocycles. The van der Waals surface area contributed by atoms with Crippen LogP contribution in [0, 0.1) is 5.92 Å². The minimum atomic E-state index is -0.153. The number of thiazole rings is 1. The van der Waals surface area contributed by atoms with Crippen LogP contribution in [0.1, 0.15) is 29.5 Å². The van der Waals surface area contributed by atoms with Crippen LogP contribution in [0.2, 0.25) is 0 Å². The second-order valence-electron chi connectivity index (χ2n) is 6.49. The zero-order valence-corrected chi connectivity index (χ0v) is 17.1. The number of esters is 1. The van der Waals surface area contributed by atoms with E-state index in [9.17, 15) is 9.59 Å². The van der Waals surface area contributed by atoms with Crippen molar-refractivity contribution in [1.29, 1.82) is 0 Å². The fourth-order valence-electron chi connectivity index (χ4n) is 3.23. The molecule has 0 bridgehead atoms. The minimum absolute atomic E-state index is 0.122. The van der Waals surface area contributed by atoms with Gasteiger partial charge >= 0.3 is 5.97 Å². The lowest BCUT2D eigenvalue weighted by Gasteiger charge is -2.18. The van der Waals surface area contributed by atoms with Gasteiger partial charge in [0.1, 0.15) is 0 Å². The minimum Gasteiger partial charge on any atom is -0.493 e. The maximum atomic E-state index is 12.4. The van der Waals surface area contributed by atoms with E-state index in [-0.39, 0.29) is 24.2 Å². The molecule has 1 aromatic heterocycles. The van der Waals surface area contributed by atoms with E-state index >= 15 is 0 Å². The Morgan fingerprint density at radius 3 is 2.75 bits per heavy atom. The number of carbonyl (C=O) groups excluding carboxylic acids is 2. The molecule has 1 aliphatic rings. The number of methoxy groups -OCH3 is 2. The summed E-state index contributed by atoms with van der Waals surface area (Å²) in [6.45, 7) is 2.20. The second kappa shape index (κ2) is 9.05. The van der Waals surface area contributed by atoms with Gasteiger partial charge in [-0.1, -0.05) is 6.07 Å². The molecule has 28 heavy (non-hydrogen) atoms. The number of nitrogens with zero attached hydrogens (tertiary/aromatic N) is 1. The highest BCUT2D eigenvalue weighted by Gasteiger charge is 2.28. The molecule has 150 valence electrons. The van der Waals surface area contributed by atoms with E-state index in [0.717, 1.165) is 29.0 Å². The van der Waals surface area contributed by atoms with Gasteiger partial charge in [0.15, 0.2) is 16.6 Å². The molecule has 1 aromatic carbocycles. The predicted molar refractivity (Wildman–Crippen MR) is 106 cm³/mol. The molecular weight excluding hydrogens is 380 g/mol. The lowest BCUT2D eigenvalue weighted by Crippen LogP contribution is -2.24. The number of rotatable bonds is 7. The summed E-state index contributed by atoms with van der Waals surface area (Å²) in [4.78, 5) is 30.0. The van der Waals surface area contributed by atoms with E-state index < -0.39 is 0 Å². The van der Waals surface area contributed by atoms with E-state index in [2.05, 4.69) is 10.3 Å². The van der Waals surface area contributed by atoms with Crippen LogP contribution in [0.3, 0.4) is 0 Å². The van der Waals surface area contributed by atoms with Crippen molar-refractivity contribution in [1.82, 2.24) is 4.98 Å². The van der Waals surface area contributed by atoms with Gasteiger partial charge in [-0.25, -0.2) is 4.98 Å². The summed E-state index contributed by atoms with van der Waals surface area (Å²) in [6.07, 6.45) is 2.28. The molecule has 1 atom stereocenters. The van der Waals surface area contributed by atoms with Crippen molar-refractivity contribution in [3.05, 3.63) is 34.3 Å². The molecule has 7 nitrogen and oxygen atoms in total. The van der Waals surface area contributed by atoms with Crippen molar-refractivity contribution in [2.75, 3.05) is 26.1 Å². The number of carbonyl (C=O) groups is 2. The first-order chi connectivity index (χ1) is 13.5. The van der Waals surface area contributed by atoms with Crippen LogP contribution >= 0.6 is 11.3 Å². The molecule has 0 fully saturated rings. The number of benzene rings is 1. The maximum absolute atomic E-state index is 12.4. The predicted octanol–water partition coefficient (Wildman–Crippen LogP) is 3.01. The molecule has 8 heteroatoms. The zero-order chi connectivity index (χ0) is 20.1. The van der Waals surface area contributed by atoms with E-state index in [1.54, 1.807) is 26.4 Å². The van der Waals surface area contributed by atoms with Crippen LogP contribution in [0.4, 0.5) is 5.13 Å². The fourth-order valence-corrected chi connectivity index (χ4v) is 4.33. The molecule has 0 spiro atoms. The third kappa shape index (κ3) is 4.62. The van der Waals surface area contributed by atoms with Gasteiger partial charge < -0.3 is 19.5 Å². The molecule has 2 aromatic rings. The first-order valence-electron chi connectivity index (χ1n) is 9.20. The van der Waals surface area contributed by atoms with Gasteiger partial charge in [0.2, 0.25) is 5.91 Å². The van der Waals surface area contributed by atoms with Crippen molar-refractivity contribution in [2.45, 2.75) is 32.6 Å². The third-order valence-corrected chi connectivity index (χ3v) is 5.65. The second-order valence-corrected chi connectivity index (χ2v) is 7.58. The fraction of sp³-hybridized carbons (Fsp3) is 0.450. The monoisotopic (exact) mass is 404 g/mol. The Morgan fingerprint density at radius 1 is 1.25 bits per heavy atom. The molecule has 0 aliphatic heterocycles. The van der Waals surface area contributed by atoms with E-state index in [1.807, 2.05) is 13.0 Å². The van der Waals surface area contributed by atoms with Gasteiger partial charge in [0.25, 0.3) is 0 Å². The molecule has 1 N–H and O–H groups in total. The Labute approximate surface area is 168 Å². The summed E-state index contributed by atoms with van der Waals surface area (Å²) < 4.78 is 15.6. The van der Waals surface area contributed by atoms with Crippen LogP contribution < -0.4 is 14.8 Å². The van der Waals surface area contributed by atoms with E-state index in [1.165, 1.54) is 11.3 Å². The van der Waals surface area contributed by atoms with Crippen molar-refractivity contribution in [2.24, 2.45) is 5.92 Å². The number of aryl methyl sites for hydroxylation is 1. The first-order valence-corrected chi connectivity index (χ1v) is 10.0. The van der Waals surface area contributed by atoms with Crippen LogP contribution in [0.15, 0.2) is 18.2 Å². The van der Waals surface area contributed by atoms with Gasteiger partial charge in [-0.15, -0.1) is 11.3 Å². The standard InChI is InChI=1S/C20H24N2O5S/c1-4-27-19(24)13-6-7-14-17(11-13)28-20(21-14)22-18(23)10-12-5-8-15(25-2)16(9-12)26-3/h5,8-9,13H,4,6-7,10-11H2,1-3H3,(H,21,22,23). The van der Waals surface area contributed by atoms with Crippen molar-refractivity contribution in [3.8, 4) is 11.5 Å². The number of aromatic nitrogens is 1. The van der Waals surface area contributed by atoms with E-state index in [0.29, 0.717) is 29.7 Å². The van der Waals surface area contributed by atoms with E-state index in [4.69, 9.17) is 14.2 Å². The average Bonchev–Trinajstić information content (AvgIpc) is 3.09. The molecule has 1 unspecified atom stereocenters. The van der Waals surface area contributed by atoms with Crippen molar-refractivity contribution in [3.63, 3.8) is 0 Å². The molecule has 1 amide bonds. The van der Waals surface area contributed by atoms with Crippen LogP contribution in [-0.4, -0.2) is 37.7 Å². The van der Waals surface area contributed by atoms with Crippen molar-refractivity contribution < 1.29 is 23.8 Å². The van der Waals surface area contributed by atoms with Gasteiger partial charge in [0, 0.05) is 4.88 Å². The number of hydrogen-bond donors (Lipinski definition) is 1. The summed E-state index contributed by atoms with van der Waals surface area (Å²) in [5, 5.41) is 3.43. The summed E-state index contributed by atoms with van der Waals surface area (Å²) >= 11 is 1.43. The Bertz CT molecular complexity index is 864. The average molecular weight is 404 g/mol. The Hall–Kier alpha value is -2.61. The Kier molecular flexibility index (Phi) is 6.51. The van der Waals surface area contributed by atoms with Gasteiger partial charge in [0.05, 0.1) is 38.9 Å². The smallest absolute Gasteiger partial charge is 0.309 e. The van der Waals surface area contributed by atoms with Crippen LogP contribution in [-0.2, 0) is 33.6 Å². The number of fused-ring (bicyclic) bond motifs is 1. The SMILES string of the molecule is CCOC(=O)C1CCc2nc(NC(=O)Cc3ccc(OC)c(OC)c3)sc2C1.